The van der Waals surface area contributed by atoms with E-state index in [0.717, 1.165) is 4.90 Å². The van der Waals surface area contributed by atoms with Crippen molar-refractivity contribution in [1.29, 1.82) is 0 Å². The van der Waals surface area contributed by atoms with Crippen LogP contribution in [-0.2, 0) is 4.79 Å². The highest BCUT2D eigenvalue weighted by Crippen LogP contribution is 2.42. The minimum Gasteiger partial charge on any atom is -0.362 e. The summed E-state index contributed by atoms with van der Waals surface area (Å²) in [5.74, 6) is -1.80. The van der Waals surface area contributed by atoms with Crippen LogP contribution in [0, 0.1) is 11.7 Å². The zero-order valence-electron chi connectivity index (χ0n) is 17.9. The molecule has 3 unspecified atom stereocenters. The number of hydrogen-bond acceptors (Lipinski definition) is 5. The molecule has 178 valence electrons. The molecule has 1 aliphatic carbocycles. The van der Waals surface area contributed by atoms with E-state index < -0.39 is 36.3 Å². The number of H-pyrrole nitrogens is 1. The van der Waals surface area contributed by atoms with Crippen molar-refractivity contribution >= 4 is 45.6 Å². The molecule has 0 radical (unpaired) electrons. The normalized spacial score (nSPS) is 18.6. The summed E-state index contributed by atoms with van der Waals surface area (Å²) in [6, 6.07) is -1.28. The lowest BCUT2D eigenvalue weighted by atomic mass is 10.0. The van der Waals surface area contributed by atoms with E-state index >= 15 is 4.39 Å². The molecule has 1 fully saturated rings. The first kappa shape index (κ1) is 22.4. The van der Waals surface area contributed by atoms with Gasteiger partial charge < -0.3 is 14.6 Å². The first-order chi connectivity index (χ1) is 16.2. The summed E-state index contributed by atoms with van der Waals surface area (Å²) in [5, 5.41) is 9.26. The summed E-state index contributed by atoms with van der Waals surface area (Å²) in [5.41, 5.74) is 0.921. The van der Waals surface area contributed by atoms with Crippen LogP contribution in [0.2, 0.25) is 5.02 Å². The topological polar surface area (TPSA) is 91.2 Å². The Kier molecular flexibility index (Phi) is 5.34. The van der Waals surface area contributed by atoms with Crippen molar-refractivity contribution in [3.8, 4) is 11.3 Å². The number of benzene rings is 1. The molecule has 1 aliphatic rings. The van der Waals surface area contributed by atoms with E-state index in [1.165, 1.54) is 38.8 Å². The highest BCUT2D eigenvalue weighted by molar-refractivity contribution is 6.35. The Bertz CT molecular complexity index is 1420. The molecule has 3 heterocycles. The van der Waals surface area contributed by atoms with Crippen LogP contribution in [-0.4, -0.2) is 56.2 Å². The summed E-state index contributed by atoms with van der Waals surface area (Å²) in [4.78, 5) is 21.6. The largest absolute Gasteiger partial charge is 0.362 e. The number of amides is 1. The monoisotopic (exact) mass is 495 g/mol. The second kappa shape index (κ2) is 8.12. The number of nitrogens with one attached hydrogen (secondary N) is 2. The van der Waals surface area contributed by atoms with Crippen molar-refractivity contribution in [3.63, 3.8) is 0 Å². The number of hydrogen-bond donors (Lipinski definition) is 2. The standard InChI is InChI=1S/C21H18ClF4N7O/c1-8(20(25)26)32(2)19-17(24)16(22)15(10-4-28-31-18(10)19)12-6-33-7-13(29-14(33)5-27-12)30-21(34)9-3-11(9)23/h4-9,11,20H,3H2,1-2H3,(H,28,31)(H,30,34). The van der Waals surface area contributed by atoms with Gasteiger partial charge >= 0.3 is 0 Å². The number of halogens is 5. The van der Waals surface area contributed by atoms with Gasteiger partial charge in [-0.3, -0.25) is 14.9 Å². The highest BCUT2D eigenvalue weighted by atomic mass is 35.5. The van der Waals surface area contributed by atoms with Gasteiger partial charge in [0.25, 0.3) is 6.43 Å². The summed E-state index contributed by atoms with van der Waals surface area (Å²) in [6.45, 7) is 1.27. The predicted molar refractivity (Wildman–Crippen MR) is 119 cm³/mol. The van der Waals surface area contributed by atoms with Crippen molar-refractivity contribution in [2.45, 2.75) is 32.0 Å². The van der Waals surface area contributed by atoms with E-state index in [0.29, 0.717) is 11.0 Å². The maximum Gasteiger partial charge on any atom is 0.258 e. The molecule has 0 bridgehead atoms. The Labute approximate surface area is 194 Å². The smallest absolute Gasteiger partial charge is 0.258 e. The summed E-state index contributed by atoms with van der Waals surface area (Å²) >= 11 is 6.39. The van der Waals surface area contributed by atoms with Gasteiger partial charge in [-0.15, -0.1) is 0 Å². The number of nitrogens with zero attached hydrogens (tertiary/aromatic N) is 5. The van der Waals surface area contributed by atoms with Gasteiger partial charge in [0, 0.05) is 24.2 Å². The SMILES string of the molecule is CC(C(F)F)N(C)c1c(F)c(Cl)c(-c2cn3cc(NC(=O)C4CC4F)nc3cn2)c2cn[nH]c12. The third-order valence-corrected chi connectivity index (χ3v) is 6.35. The molecule has 34 heavy (non-hydrogen) atoms. The van der Waals surface area contributed by atoms with Crippen LogP contribution < -0.4 is 10.2 Å². The zero-order valence-corrected chi connectivity index (χ0v) is 18.6. The molecule has 1 saturated carbocycles. The third kappa shape index (κ3) is 3.61. The van der Waals surface area contributed by atoms with E-state index in [-0.39, 0.29) is 39.7 Å². The Balaban J connectivity index is 1.57. The number of rotatable bonds is 6. The molecule has 8 nitrogen and oxygen atoms in total. The van der Waals surface area contributed by atoms with Gasteiger partial charge in [-0.25, -0.2) is 22.5 Å². The van der Waals surface area contributed by atoms with Gasteiger partial charge in [0.15, 0.2) is 17.3 Å². The van der Waals surface area contributed by atoms with E-state index in [4.69, 9.17) is 11.6 Å². The quantitative estimate of drug-likeness (QED) is 0.386. The first-order valence-electron chi connectivity index (χ1n) is 10.3. The van der Waals surface area contributed by atoms with Gasteiger partial charge in [0.1, 0.15) is 11.9 Å². The number of carbonyl (C=O) groups excluding carboxylic acids is 1. The maximum absolute atomic E-state index is 15.4. The van der Waals surface area contributed by atoms with Crippen LogP contribution in [0.3, 0.4) is 0 Å². The van der Waals surface area contributed by atoms with Gasteiger partial charge in [0.05, 0.1) is 46.8 Å². The van der Waals surface area contributed by atoms with Crippen LogP contribution in [0.1, 0.15) is 13.3 Å². The highest BCUT2D eigenvalue weighted by Gasteiger charge is 2.43. The number of anilines is 2. The Morgan fingerprint density at radius 2 is 2.09 bits per heavy atom. The molecule has 4 aromatic rings. The zero-order chi connectivity index (χ0) is 24.3. The van der Waals surface area contributed by atoms with Gasteiger partial charge in [-0.1, -0.05) is 11.6 Å². The molecule has 5 rings (SSSR count). The minimum absolute atomic E-state index is 0.131. The van der Waals surface area contributed by atoms with E-state index in [2.05, 4.69) is 25.5 Å². The van der Waals surface area contributed by atoms with Crippen molar-refractivity contribution in [1.82, 2.24) is 24.6 Å². The summed E-state index contributed by atoms with van der Waals surface area (Å²) in [7, 11) is 1.35. The number of aromatic nitrogens is 5. The van der Waals surface area contributed by atoms with Gasteiger partial charge in [-0.05, 0) is 13.3 Å². The lowest BCUT2D eigenvalue weighted by Gasteiger charge is -2.28. The van der Waals surface area contributed by atoms with Crippen molar-refractivity contribution in [2.75, 3.05) is 17.3 Å². The van der Waals surface area contributed by atoms with E-state index in [9.17, 15) is 18.0 Å². The van der Waals surface area contributed by atoms with Crippen LogP contribution in [0.4, 0.5) is 29.1 Å². The fraction of sp³-hybridized carbons (Fsp3) is 0.333. The molecule has 13 heteroatoms. The van der Waals surface area contributed by atoms with Crippen molar-refractivity contribution < 1.29 is 22.4 Å². The number of carbonyl (C=O) groups is 1. The minimum atomic E-state index is -2.71. The first-order valence-corrected chi connectivity index (χ1v) is 10.7. The molecule has 1 aromatic carbocycles. The molecule has 3 aromatic heterocycles. The third-order valence-electron chi connectivity index (χ3n) is 5.99. The second-order valence-corrected chi connectivity index (χ2v) is 8.59. The van der Waals surface area contributed by atoms with Gasteiger partial charge in [-0.2, -0.15) is 5.10 Å². The molecule has 0 spiro atoms. The van der Waals surface area contributed by atoms with E-state index in [1.807, 2.05) is 0 Å². The van der Waals surface area contributed by atoms with Crippen LogP contribution in [0.15, 0.2) is 24.8 Å². The van der Waals surface area contributed by atoms with Crippen molar-refractivity contribution in [3.05, 3.63) is 35.6 Å². The van der Waals surface area contributed by atoms with Crippen LogP contribution in [0.5, 0.6) is 0 Å². The average molecular weight is 496 g/mol. The Morgan fingerprint density at radius 3 is 2.76 bits per heavy atom. The van der Waals surface area contributed by atoms with Crippen molar-refractivity contribution in [2.24, 2.45) is 5.92 Å². The molecular formula is C21H18ClF4N7O. The van der Waals surface area contributed by atoms with E-state index in [1.54, 1.807) is 4.40 Å². The van der Waals surface area contributed by atoms with Crippen LogP contribution >= 0.6 is 11.6 Å². The molecule has 2 N–H and O–H groups in total. The maximum atomic E-state index is 15.4. The Hall–Kier alpha value is -3.41. The Morgan fingerprint density at radius 1 is 1.35 bits per heavy atom. The predicted octanol–water partition coefficient (Wildman–Crippen LogP) is 4.45. The molecule has 0 aliphatic heterocycles. The fourth-order valence-electron chi connectivity index (χ4n) is 3.79. The lowest BCUT2D eigenvalue weighted by molar-refractivity contribution is -0.117. The van der Waals surface area contributed by atoms with Crippen LogP contribution in [0.25, 0.3) is 27.8 Å². The number of imidazole rings is 1. The fourth-order valence-corrected chi connectivity index (χ4v) is 4.08. The van der Waals surface area contributed by atoms with Gasteiger partial charge in [0.2, 0.25) is 5.91 Å². The molecule has 0 saturated heterocycles. The lowest BCUT2D eigenvalue weighted by Crippen LogP contribution is -2.35. The molecular weight excluding hydrogens is 478 g/mol. The summed E-state index contributed by atoms with van der Waals surface area (Å²) in [6.07, 6.45) is 2.20. The molecule has 1 amide bonds. The molecule has 3 atom stereocenters. The number of alkyl halides is 3. The number of fused-ring (bicyclic) bond motifs is 2. The average Bonchev–Trinajstić information content (AvgIpc) is 3.17. The number of aromatic amines is 1. The second-order valence-electron chi connectivity index (χ2n) is 8.21. The summed E-state index contributed by atoms with van der Waals surface area (Å²) < 4.78 is 56.6.